The van der Waals surface area contributed by atoms with Crippen LogP contribution < -0.4 is 21.5 Å². The van der Waals surface area contributed by atoms with Crippen molar-refractivity contribution in [2.24, 2.45) is 0 Å². The summed E-state index contributed by atoms with van der Waals surface area (Å²) < 4.78 is 4.03. The van der Waals surface area contributed by atoms with Crippen molar-refractivity contribution in [2.75, 3.05) is 17.5 Å². The third-order valence-electron chi connectivity index (χ3n) is 2.57. The molecule has 4 heteroatoms. The molecule has 1 saturated heterocycles. The Morgan fingerprint density at radius 1 is 1.71 bits per heavy atom. The van der Waals surface area contributed by atoms with Crippen LogP contribution in [0.2, 0.25) is 0 Å². The average Bonchev–Trinajstić information content (AvgIpc) is 2.71. The molecule has 0 amide bonds. The molecule has 0 aromatic carbocycles. The van der Waals surface area contributed by atoms with Gasteiger partial charge in [-0.3, -0.25) is 0 Å². The number of alkyl halides is 1. The zero-order chi connectivity index (χ0) is 9.80. The van der Waals surface area contributed by atoms with Gasteiger partial charge in [-0.05, 0) is 0 Å². The van der Waals surface area contributed by atoms with E-state index >= 15 is 0 Å². The molecule has 1 aliphatic rings. The zero-order valence-corrected chi connectivity index (χ0v) is 10.7. The Labute approximate surface area is 95.9 Å². The van der Waals surface area contributed by atoms with Gasteiger partial charge in [0.05, 0.1) is 0 Å². The number of H-pyrrole nitrogens is 1. The molecule has 1 aromatic rings. The van der Waals surface area contributed by atoms with Gasteiger partial charge in [0.25, 0.3) is 0 Å². The van der Waals surface area contributed by atoms with Crippen molar-refractivity contribution >= 4 is 0 Å². The van der Waals surface area contributed by atoms with Crippen molar-refractivity contribution in [3.05, 3.63) is 18.2 Å². The number of hydrogen-bond donors (Lipinski definition) is 1. The average molecular weight is 306 g/mol. The Hall–Kier alpha value is -0.100. The molecule has 1 unspecified atom stereocenters. The summed E-state index contributed by atoms with van der Waals surface area (Å²) in [7, 11) is 0. The molecular formula is C10H17IN3-. The monoisotopic (exact) mass is 306 g/mol. The fraction of sp³-hybridized carbons (Fsp3) is 0.700. The number of aromatic amines is 1. The molecule has 1 fully saturated rings. The Bertz CT molecular complexity index is 258. The Balaban J connectivity index is 1.94. The van der Waals surface area contributed by atoms with E-state index in [2.05, 4.69) is 20.0 Å². The molecule has 1 aromatic heterocycles. The second kappa shape index (κ2) is 5.11. The molecule has 0 bridgehead atoms. The summed E-state index contributed by atoms with van der Waals surface area (Å²) in [5.74, 6) is 1.85. The van der Waals surface area contributed by atoms with Gasteiger partial charge < -0.3 is 0 Å². The van der Waals surface area contributed by atoms with Gasteiger partial charge in [-0.25, -0.2) is 0 Å². The maximum atomic E-state index is 4.36. The van der Waals surface area contributed by atoms with Crippen molar-refractivity contribution in [2.45, 2.75) is 25.7 Å². The predicted octanol–water partition coefficient (Wildman–Crippen LogP) is -1.39. The number of aromatic nitrogens is 2. The minimum absolute atomic E-state index is 0.294. The molecule has 1 N–H and O–H groups in total. The molecule has 2 rings (SSSR count). The number of halogens is 1. The topological polar surface area (TPSA) is 31.9 Å². The van der Waals surface area contributed by atoms with E-state index in [1.54, 1.807) is 0 Å². The number of piperidine rings is 1. The van der Waals surface area contributed by atoms with Crippen LogP contribution in [0, 0.1) is 0 Å². The van der Waals surface area contributed by atoms with Gasteiger partial charge in [0.1, 0.15) is 0 Å². The second-order valence-electron chi connectivity index (χ2n) is 3.57. The first kappa shape index (κ1) is 10.4. The summed E-state index contributed by atoms with van der Waals surface area (Å²) >= 11 is 0.294. The number of hydrogen-bond acceptors (Lipinski definition) is 2. The first-order valence-corrected chi connectivity index (χ1v) is 7.73. The van der Waals surface area contributed by atoms with E-state index in [9.17, 15) is 0 Å². The molecule has 1 aliphatic heterocycles. The van der Waals surface area contributed by atoms with Crippen LogP contribution in [0.1, 0.15) is 31.5 Å². The molecule has 0 aliphatic carbocycles. The molecule has 14 heavy (non-hydrogen) atoms. The van der Waals surface area contributed by atoms with E-state index in [4.69, 9.17) is 0 Å². The molecule has 0 saturated carbocycles. The molecule has 0 spiro atoms. The molecule has 2 heterocycles. The van der Waals surface area contributed by atoms with Crippen LogP contribution in [0.5, 0.6) is 0 Å². The standard InChI is InChI=1S/C10H17IN3/c1-2-11-14-7-3-4-9(8-14)10-12-5-6-13-10/h5-6,9H,2-4,7-8H2,1H3,(H,12,13)/q-1. The third-order valence-corrected chi connectivity index (χ3v) is 5.09. The molecular weight excluding hydrogens is 289 g/mol. The third kappa shape index (κ3) is 2.48. The van der Waals surface area contributed by atoms with E-state index in [0.717, 1.165) is 0 Å². The van der Waals surface area contributed by atoms with E-state index < -0.39 is 0 Å². The van der Waals surface area contributed by atoms with Crippen LogP contribution >= 0.6 is 0 Å². The van der Waals surface area contributed by atoms with Crippen LogP contribution in [0.15, 0.2) is 12.4 Å². The van der Waals surface area contributed by atoms with Crippen molar-refractivity contribution in [3.8, 4) is 0 Å². The van der Waals surface area contributed by atoms with Crippen LogP contribution in [-0.4, -0.2) is 30.6 Å². The van der Waals surface area contributed by atoms with Gasteiger partial charge in [0.15, 0.2) is 0 Å². The van der Waals surface area contributed by atoms with E-state index in [-0.39, 0.29) is 0 Å². The minimum atomic E-state index is 0.294. The van der Waals surface area contributed by atoms with Gasteiger partial charge in [-0.15, -0.1) is 0 Å². The van der Waals surface area contributed by atoms with Gasteiger partial charge in [-0.1, -0.05) is 0 Å². The summed E-state index contributed by atoms with van der Waals surface area (Å²) in [6.45, 7) is 4.84. The van der Waals surface area contributed by atoms with Gasteiger partial charge in [0, 0.05) is 0 Å². The second-order valence-corrected chi connectivity index (χ2v) is 7.14. The number of rotatable bonds is 3. The van der Waals surface area contributed by atoms with E-state index in [1.807, 2.05) is 12.4 Å². The summed E-state index contributed by atoms with van der Waals surface area (Å²) in [4.78, 5) is 7.61. The summed E-state index contributed by atoms with van der Waals surface area (Å²) in [5, 5.41) is 0. The maximum absolute atomic E-state index is 4.36. The Morgan fingerprint density at radius 2 is 2.64 bits per heavy atom. The quantitative estimate of drug-likeness (QED) is 0.424. The number of imidazole rings is 1. The molecule has 80 valence electrons. The van der Waals surface area contributed by atoms with Crippen LogP contribution in [0.3, 0.4) is 0 Å². The van der Waals surface area contributed by atoms with Crippen LogP contribution in [0.4, 0.5) is 0 Å². The Kier molecular flexibility index (Phi) is 3.81. The van der Waals surface area contributed by atoms with Crippen LogP contribution in [-0.2, 0) is 0 Å². The van der Waals surface area contributed by atoms with Crippen molar-refractivity contribution in [1.82, 2.24) is 13.1 Å². The summed E-state index contributed by atoms with van der Waals surface area (Å²) in [6, 6.07) is 0. The van der Waals surface area contributed by atoms with Crippen LogP contribution in [0.25, 0.3) is 0 Å². The van der Waals surface area contributed by atoms with Crippen molar-refractivity contribution < 1.29 is 21.5 Å². The van der Waals surface area contributed by atoms with Crippen molar-refractivity contribution in [3.63, 3.8) is 0 Å². The van der Waals surface area contributed by atoms with Gasteiger partial charge in [-0.2, -0.15) is 0 Å². The molecule has 0 radical (unpaired) electrons. The number of nitrogens with zero attached hydrogens (tertiary/aromatic N) is 2. The summed E-state index contributed by atoms with van der Waals surface area (Å²) in [5.41, 5.74) is 0. The SMILES string of the molecule is CC[I-]N1CCCC(c2ncc[nH]2)C1. The first-order chi connectivity index (χ1) is 6.90. The summed E-state index contributed by atoms with van der Waals surface area (Å²) in [6.07, 6.45) is 6.44. The number of nitrogens with one attached hydrogen (secondary N) is 1. The van der Waals surface area contributed by atoms with Gasteiger partial charge >= 0.3 is 96.0 Å². The molecule has 1 atom stereocenters. The van der Waals surface area contributed by atoms with Crippen molar-refractivity contribution in [1.29, 1.82) is 0 Å². The van der Waals surface area contributed by atoms with Gasteiger partial charge in [0.2, 0.25) is 0 Å². The Morgan fingerprint density at radius 3 is 3.36 bits per heavy atom. The fourth-order valence-electron chi connectivity index (χ4n) is 1.93. The normalized spacial score (nSPS) is 24.2. The predicted molar refractivity (Wildman–Crippen MR) is 52.7 cm³/mol. The zero-order valence-electron chi connectivity index (χ0n) is 8.54. The molecule has 3 nitrogen and oxygen atoms in total. The van der Waals surface area contributed by atoms with E-state index in [0.29, 0.717) is 27.4 Å². The fourth-order valence-corrected chi connectivity index (χ4v) is 4.33. The van der Waals surface area contributed by atoms with E-state index in [1.165, 1.54) is 36.2 Å². The first-order valence-electron chi connectivity index (χ1n) is 5.23.